The van der Waals surface area contributed by atoms with Gasteiger partial charge in [0.2, 0.25) is 0 Å². The molecule has 2 aromatic heterocycles. The Morgan fingerprint density at radius 3 is 1.38 bits per heavy atom. The van der Waals surface area contributed by atoms with Crippen molar-refractivity contribution in [2.75, 3.05) is 0 Å². The lowest BCUT2D eigenvalue weighted by Crippen LogP contribution is -1.94. The average Bonchev–Trinajstić information content (AvgIpc) is 3.75. The molecule has 8 aromatic carbocycles. The summed E-state index contributed by atoms with van der Waals surface area (Å²) >= 11 is 0. The molecular formula is C46H30O2. The Labute approximate surface area is 277 Å². The molecule has 10 rings (SSSR count). The van der Waals surface area contributed by atoms with Crippen molar-refractivity contribution in [3.05, 3.63) is 157 Å². The fourth-order valence-corrected chi connectivity index (χ4v) is 7.65. The first-order valence-electron chi connectivity index (χ1n) is 16.5. The Kier molecular flexibility index (Phi) is 5.74. The highest BCUT2D eigenvalue weighted by Crippen LogP contribution is 2.49. The number of rotatable bonds is 4. The van der Waals surface area contributed by atoms with Crippen molar-refractivity contribution in [2.24, 2.45) is 0 Å². The van der Waals surface area contributed by atoms with Crippen LogP contribution < -0.4 is 0 Å². The van der Waals surface area contributed by atoms with Crippen LogP contribution in [-0.4, -0.2) is 0 Å². The molecule has 0 N–H and O–H groups in total. The van der Waals surface area contributed by atoms with Gasteiger partial charge in [0.15, 0.2) is 0 Å². The minimum atomic E-state index is 0.874. The van der Waals surface area contributed by atoms with Gasteiger partial charge < -0.3 is 8.83 Å². The van der Waals surface area contributed by atoms with E-state index in [9.17, 15) is 0 Å². The standard InChI is InChI=1S/C46H30O2/c1-27-14-16-29(17-15-27)37-25-39(43-23-31-9-3-5-12-41(31)47-43)35-21-19-34-38(30-11-7-8-28(2)22-30)26-40(36-20-18-33(37)45(35)46(34)36)44-24-32-10-4-6-13-42(32)48-44/h3-26H,1-2H3. The summed E-state index contributed by atoms with van der Waals surface area (Å²) < 4.78 is 13.1. The topological polar surface area (TPSA) is 26.3 Å². The molecule has 0 aliphatic heterocycles. The van der Waals surface area contributed by atoms with Gasteiger partial charge in [0, 0.05) is 21.9 Å². The van der Waals surface area contributed by atoms with Crippen molar-refractivity contribution in [2.45, 2.75) is 13.8 Å². The van der Waals surface area contributed by atoms with Crippen molar-refractivity contribution < 1.29 is 8.83 Å². The molecule has 0 aliphatic rings. The lowest BCUT2D eigenvalue weighted by molar-refractivity contribution is 0.632. The van der Waals surface area contributed by atoms with Gasteiger partial charge in [-0.05, 0) is 105 Å². The lowest BCUT2D eigenvalue weighted by Gasteiger charge is -2.20. The SMILES string of the molecule is Cc1ccc(-c2cc(-c3cc4ccccc4o3)c3ccc4c(-c5cccc(C)c5)cc(-c5cc6ccccc6o5)c5ccc2c3c45)cc1. The van der Waals surface area contributed by atoms with E-state index >= 15 is 0 Å². The van der Waals surface area contributed by atoms with Crippen molar-refractivity contribution in [1.82, 2.24) is 0 Å². The first-order chi connectivity index (χ1) is 23.6. The molecule has 0 bridgehead atoms. The largest absolute Gasteiger partial charge is 0.456 e. The predicted molar refractivity (Wildman–Crippen MR) is 201 cm³/mol. The quantitative estimate of drug-likeness (QED) is 0.184. The van der Waals surface area contributed by atoms with Crippen LogP contribution in [0.2, 0.25) is 0 Å². The van der Waals surface area contributed by atoms with Gasteiger partial charge >= 0.3 is 0 Å². The summed E-state index contributed by atoms with van der Waals surface area (Å²) in [6.07, 6.45) is 0. The van der Waals surface area contributed by atoms with E-state index in [0.29, 0.717) is 0 Å². The first kappa shape index (κ1) is 27.0. The smallest absolute Gasteiger partial charge is 0.136 e. The second kappa shape index (κ2) is 10.2. The molecule has 2 heteroatoms. The van der Waals surface area contributed by atoms with Crippen LogP contribution in [0.3, 0.4) is 0 Å². The van der Waals surface area contributed by atoms with E-state index in [-0.39, 0.29) is 0 Å². The molecule has 48 heavy (non-hydrogen) atoms. The minimum absolute atomic E-state index is 0.874. The van der Waals surface area contributed by atoms with E-state index in [1.165, 1.54) is 65.7 Å². The van der Waals surface area contributed by atoms with Crippen LogP contribution in [0.1, 0.15) is 11.1 Å². The maximum absolute atomic E-state index is 6.57. The Morgan fingerprint density at radius 2 is 0.854 bits per heavy atom. The van der Waals surface area contributed by atoms with Gasteiger partial charge in [-0.25, -0.2) is 0 Å². The van der Waals surface area contributed by atoms with Crippen LogP contribution in [0.4, 0.5) is 0 Å². The number of benzene rings is 8. The van der Waals surface area contributed by atoms with Gasteiger partial charge in [-0.1, -0.05) is 120 Å². The summed E-state index contributed by atoms with van der Waals surface area (Å²) in [5.41, 5.74) is 11.2. The number of furan rings is 2. The number of fused-ring (bicyclic) bond motifs is 2. The summed E-state index contributed by atoms with van der Waals surface area (Å²) in [6.45, 7) is 4.30. The number of para-hydroxylation sites is 2. The zero-order valence-corrected chi connectivity index (χ0v) is 26.7. The van der Waals surface area contributed by atoms with Crippen LogP contribution in [-0.2, 0) is 0 Å². The molecule has 226 valence electrons. The van der Waals surface area contributed by atoms with E-state index in [1.54, 1.807) is 0 Å². The van der Waals surface area contributed by atoms with Crippen LogP contribution in [0.5, 0.6) is 0 Å². The van der Waals surface area contributed by atoms with E-state index < -0.39 is 0 Å². The third-order valence-corrected chi connectivity index (χ3v) is 9.97. The van der Waals surface area contributed by atoms with Crippen molar-refractivity contribution in [3.8, 4) is 44.9 Å². The molecule has 2 heterocycles. The van der Waals surface area contributed by atoms with Crippen LogP contribution in [0.15, 0.2) is 154 Å². The first-order valence-corrected chi connectivity index (χ1v) is 16.5. The van der Waals surface area contributed by atoms with Gasteiger partial charge in [-0.3, -0.25) is 0 Å². The zero-order valence-electron chi connectivity index (χ0n) is 26.7. The highest BCUT2D eigenvalue weighted by Gasteiger charge is 2.23. The molecule has 0 spiro atoms. The Bertz CT molecular complexity index is 2780. The molecule has 2 nitrogen and oxygen atoms in total. The Hall–Kier alpha value is -6.12. The maximum atomic E-state index is 6.57. The van der Waals surface area contributed by atoms with Gasteiger partial charge in [0.05, 0.1) is 0 Å². The summed E-state index contributed by atoms with van der Waals surface area (Å²) in [5, 5.41) is 9.49. The van der Waals surface area contributed by atoms with Crippen LogP contribution >= 0.6 is 0 Å². The summed E-state index contributed by atoms with van der Waals surface area (Å²) in [6, 6.07) is 52.4. The van der Waals surface area contributed by atoms with Crippen molar-refractivity contribution >= 4 is 54.3 Å². The molecular weight excluding hydrogens is 585 g/mol. The van der Waals surface area contributed by atoms with E-state index in [2.05, 4.69) is 135 Å². The molecule has 0 fully saturated rings. The molecule has 0 amide bonds. The van der Waals surface area contributed by atoms with E-state index in [0.717, 1.165) is 44.6 Å². The number of aryl methyl sites for hydroxylation is 2. The third-order valence-electron chi connectivity index (χ3n) is 9.97. The number of hydrogen-bond donors (Lipinski definition) is 0. The van der Waals surface area contributed by atoms with Crippen molar-refractivity contribution in [3.63, 3.8) is 0 Å². The lowest BCUT2D eigenvalue weighted by atomic mass is 9.83. The summed E-state index contributed by atoms with van der Waals surface area (Å²) in [5.74, 6) is 1.75. The molecule has 0 radical (unpaired) electrons. The second-order valence-corrected chi connectivity index (χ2v) is 13.0. The molecule has 0 atom stereocenters. The molecule has 0 unspecified atom stereocenters. The average molecular weight is 615 g/mol. The Morgan fingerprint density at radius 1 is 0.354 bits per heavy atom. The maximum Gasteiger partial charge on any atom is 0.136 e. The molecule has 10 aromatic rings. The molecule has 0 saturated carbocycles. The van der Waals surface area contributed by atoms with Gasteiger partial charge in [-0.2, -0.15) is 0 Å². The van der Waals surface area contributed by atoms with Gasteiger partial charge in [0.25, 0.3) is 0 Å². The van der Waals surface area contributed by atoms with E-state index in [1.807, 2.05) is 24.3 Å². The van der Waals surface area contributed by atoms with Crippen molar-refractivity contribution in [1.29, 1.82) is 0 Å². The third kappa shape index (κ3) is 4.06. The fraction of sp³-hybridized carbons (Fsp3) is 0.0435. The second-order valence-electron chi connectivity index (χ2n) is 13.0. The van der Waals surface area contributed by atoms with Gasteiger partial charge in [0.1, 0.15) is 22.7 Å². The Balaban J connectivity index is 1.38. The normalized spacial score (nSPS) is 12.0. The monoisotopic (exact) mass is 614 g/mol. The summed E-state index contributed by atoms with van der Waals surface area (Å²) in [7, 11) is 0. The molecule has 0 aliphatic carbocycles. The predicted octanol–water partition coefficient (Wildman–Crippen LogP) is 13.4. The van der Waals surface area contributed by atoms with Gasteiger partial charge in [-0.15, -0.1) is 0 Å². The van der Waals surface area contributed by atoms with E-state index in [4.69, 9.17) is 8.83 Å². The zero-order chi connectivity index (χ0) is 31.9. The highest BCUT2D eigenvalue weighted by atomic mass is 16.3. The van der Waals surface area contributed by atoms with Crippen LogP contribution in [0, 0.1) is 13.8 Å². The van der Waals surface area contributed by atoms with Crippen LogP contribution in [0.25, 0.3) is 99.2 Å². The minimum Gasteiger partial charge on any atom is -0.456 e. The summed E-state index contributed by atoms with van der Waals surface area (Å²) in [4.78, 5) is 0. The molecule has 0 saturated heterocycles. The highest BCUT2D eigenvalue weighted by molar-refractivity contribution is 6.31. The fourth-order valence-electron chi connectivity index (χ4n) is 7.65. The number of hydrogen-bond acceptors (Lipinski definition) is 2.